The topological polar surface area (TPSA) is 58.5 Å². The third kappa shape index (κ3) is 2.56. The van der Waals surface area contributed by atoms with Crippen molar-refractivity contribution in [1.29, 1.82) is 0 Å². The van der Waals surface area contributed by atoms with Crippen molar-refractivity contribution < 1.29 is 4.52 Å². The van der Waals surface area contributed by atoms with E-state index in [4.69, 9.17) is 10.3 Å². The fourth-order valence-corrected chi connectivity index (χ4v) is 2.00. The predicted octanol–water partition coefficient (Wildman–Crippen LogP) is -0.251. The molecule has 0 amide bonds. The first-order valence-electron chi connectivity index (χ1n) is 5.32. The van der Waals surface area contributed by atoms with Crippen LogP contribution in [0.15, 0.2) is 16.8 Å². The van der Waals surface area contributed by atoms with Gasteiger partial charge in [-0.05, 0) is 7.05 Å². The summed E-state index contributed by atoms with van der Waals surface area (Å²) >= 11 is 0. The van der Waals surface area contributed by atoms with Crippen molar-refractivity contribution in [3.8, 4) is 0 Å². The van der Waals surface area contributed by atoms with Crippen LogP contribution in [0, 0.1) is 0 Å². The SMILES string of the molecule is CN1CCN(Cc2ccno2)C(CN)C1. The van der Waals surface area contributed by atoms with Crippen LogP contribution in [0.25, 0.3) is 0 Å². The van der Waals surface area contributed by atoms with Gasteiger partial charge in [0.25, 0.3) is 0 Å². The fourth-order valence-electron chi connectivity index (χ4n) is 2.00. The maximum atomic E-state index is 5.77. The largest absolute Gasteiger partial charge is 0.360 e. The Kier molecular flexibility index (Phi) is 3.35. The van der Waals surface area contributed by atoms with Crippen molar-refractivity contribution in [1.82, 2.24) is 15.0 Å². The maximum absolute atomic E-state index is 5.77. The van der Waals surface area contributed by atoms with Crippen LogP contribution in [0.3, 0.4) is 0 Å². The number of hydrogen-bond acceptors (Lipinski definition) is 5. The lowest BCUT2D eigenvalue weighted by atomic mass is 10.1. The van der Waals surface area contributed by atoms with Crippen molar-refractivity contribution in [3.63, 3.8) is 0 Å². The second kappa shape index (κ2) is 4.74. The minimum atomic E-state index is 0.425. The normalized spacial score (nSPS) is 24.5. The van der Waals surface area contributed by atoms with Gasteiger partial charge >= 0.3 is 0 Å². The first-order chi connectivity index (χ1) is 7.29. The second-order valence-electron chi connectivity index (χ2n) is 4.10. The molecule has 84 valence electrons. The number of piperazine rings is 1. The Morgan fingerprint density at radius 1 is 1.60 bits per heavy atom. The molecule has 1 saturated heterocycles. The molecule has 2 heterocycles. The Bertz CT molecular complexity index is 288. The number of rotatable bonds is 3. The van der Waals surface area contributed by atoms with Gasteiger partial charge in [-0.2, -0.15) is 0 Å². The minimum Gasteiger partial charge on any atom is -0.360 e. The molecular formula is C10H18N4O. The predicted molar refractivity (Wildman–Crippen MR) is 57.3 cm³/mol. The van der Waals surface area contributed by atoms with Gasteiger partial charge < -0.3 is 15.2 Å². The van der Waals surface area contributed by atoms with Crippen molar-refractivity contribution in [2.45, 2.75) is 12.6 Å². The zero-order valence-electron chi connectivity index (χ0n) is 9.09. The van der Waals surface area contributed by atoms with Gasteiger partial charge in [-0.25, -0.2) is 0 Å². The van der Waals surface area contributed by atoms with Gasteiger partial charge in [0.1, 0.15) is 0 Å². The Labute approximate surface area is 89.8 Å². The molecular weight excluding hydrogens is 192 g/mol. The minimum absolute atomic E-state index is 0.425. The molecule has 0 spiro atoms. The lowest BCUT2D eigenvalue weighted by Gasteiger charge is -2.38. The smallest absolute Gasteiger partial charge is 0.150 e. The van der Waals surface area contributed by atoms with Gasteiger partial charge in [-0.15, -0.1) is 0 Å². The maximum Gasteiger partial charge on any atom is 0.150 e. The van der Waals surface area contributed by atoms with E-state index in [1.807, 2.05) is 6.07 Å². The lowest BCUT2D eigenvalue weighted by molar-refractivity contribution is 0.0800. The van der Waals surface area contributed by atoms with Gasteiger partial charge in [-0.3, -0.25) is 4.90 Å². The molecule has 1 aliphatic rings. The van der Waals surface area contributed by atoms with Gasteiger partial charge in [0.15, 0.2) is 5.76 Å². The van der Waals surface area contributed by atoms with Crippen LogP contribution in [0.4, 0.5) is 0 Å². The third-order valence-corrected chi connectivity index (χ3v) is 2.93. The number of hydrogen-bond donors (Lipinski definition) is 1. The highest BCUT2D eigenvalue weighted by Crippen LogP contribution is 2.11. The monoisotopic (exact) mass is 210 g/mol. The highest BCUT2D eigenvalue weighted by Gasteiger charge is 2.24. The number of nitrogens with zero attached hydrogens (tertiary/aromatic N) is 3. The number of nitrogens with two attached hydrogens (primary N) is 1. The van der Waals surface area contributed by atoms with E-state index in [1.54, 1.807) is 6.20 Å². The van der Waals surface area contributed by atoms with Crippen LogP contribution >= 0.6 is 0 Å². The van der Waals surface area contributed by atoms with E-state index in [1.165, 1.54) is 0 Å². The highest BCUT2D eigenvalue weighted by molar-refractivity contribution is 4.95. The summed E-state index contributed by atoms with van der Waals surface area (Å²) in [4.78, 5) is 4.68. The van der Waals surface area contributed by atoms with Crippen LogP contribution in [0.2, 0.25) is 0 Å². The Morgan fingerprint density at radius 3 is 3.13 bits per heavy atom. The third-order valence-electron chi connectivity index (χ3n) is 2.93. The standard InChI is InChI=1S/C10H18N4O/c1-13-4-5-14(9(6-11)7-13)8-10-2-3-12-15-10/h2-3,9H,4-8,11H2,1H3. The number of likely N-dealkylation sites (N-methyl/N-ethyl adjacent to an activating group) is 1. The molecule has 1 aromatic rings. The first kappa shape index (κ1) is 10.6. The molecule has 2 N–H and O–H groups in total. The first-order valence-corrected chi connectivity index (χ1v) is 5.32. The molecule has 1 unspecified atom stereocenters. The average molecular weight is 210 g/mol. The summed E-state index contributed by atoms with van der Waals surface area (Å²) in [5.74, 6) is 0.915. The molecule has 1 aromatic heterocycles. The Balaban J connectivity index is 1.95. The van der Waals surface area contributed by atoms with Crippen LogP contribution < -0.4 is 5.73 Å². The van der Waals surface area contributed by atoms with Gasteiger partial charge in [0, 0.05) is 38.3 Å². The summed E-state index contributed by atoms with van der Waals surface area (Å²) in [6.07, 6.45) is 1.68. The molecule has 2 rings (SSSR count). The fraction of sp³-hybridized carbons (Fsp3) is 0.700. The Morgan fingerprint density at radius 2 is 2.47 bits per heavy atom. The number of aromatic nitrogens is 1. The molecule has 0 aromatic carbocycles. The van der Waals surface area contributed by atoms with E-state index in [0.717, 1.165) is 31.9 Å². The highest BCUT2D eigenvalue weighted by atomic mass is 16.5. The van der Waals surface area contributed by atoms with E-state index in [-0.39, 0.29) is 0 Å². The Hall–Kier alpha value is -0.910. The molecule has 1 fully saturated rings. The summed E-state index contributed by atoms with van der Waals surface area (Å²) < 4.78 is 5.11. The lowest BCUT2D eigenvalue weighted by Crippen LogP contribution is -2.54. The molecule has 0 saturated carbocycles. The zero-order chi connectivity index (χ0) is 10.7. The molecule has 1 aliphatic heterocycles. The van der Waals surface area contributed by atoms with Crippen molar-refractivity contribution in [2.24, 2.45) is 5.73 Å². The summed E-state index contributed by atoms with van der Waals surface area (Å²) in [6.45, 7) is 4.67. The van der Waals surface area contributed by atoms with E-state index < -0.39 is 0 Å². The quantitative estimate of drug-likeness (QED) is 0.745. The molecule has 5 heteroatoms. The van der Waals surface area contributed by atoms with Crippen LogP contribution in [-0.2, 0) is 6.54 Å². The molecule has 1 atom stereocenters. The molecule has 0 bridgehead atoms. The molecule has 0 radical (unpaired) electrons. The molecule has 5 nitrogen and oxygen atoms in total. The van der Waals surface area contributed by atoms with Crippen molar-refractivity contribution in [3.05, 3.63) is 18.0 Å². The van der Waals surface area contributed by atoms with E-state index >= 15 is 0 Å². The summed E-state index contributed by atoms with van der Waals surface area (Å²) in [5, 5.41) is 3.71. The van der Waals surface area contributed by atoms with E-state index in [2.05, 4.69) is 22.0 Å². The van der Waals surface area contributed by atoms with Crippen molar-refractivity contribution in [2.75, 3.05) is 33.2 Å². The van der Waals surface area contributed by atoms with Gasteiger partial charge in [0.05, 0.1) is 12.7 Å². The van der Waals surface area contributed by atoms with Crippen LogP contribution in [0.1, 0.15) is 5.76 Å². The zero-order valence-corrected chi connectivity index (χ0v) is 9.09. The van der Waals surface area contributed by atoms with E-state index in [9.17, 15) is 0 Å². The van der Waals surface area contributed by atoms with Crippen LogP contribution in [-0.4, -0.2) is 54.2 Å². The molecule has 0 aliphatic carbocycles. The summed E-state index contributed by atoms with van der Waals surface area (Å²) in [7, 11) is 2.13. The summed E-state index contributed by atoms with van der Waals surface area (Å²) in [6, 6.07) is 2.33. The van der Waals surface area contributed by atoms with Gasteiger partial charge in [-0.1, -0.05) is 5.16 Å². The van der Waals surface area contributed by atoms with Gasteiger partial charge in [0.2, 0.25) is 0 Å². The van der Waals surface area contributed by atoms with E-state index in [0.29, 0.717) is 12.6 Å². The average Bonchev–Trinajstić information content (AvgIpc) is 2.73. The second-order valence-corrected chi connectivity index (χ2v) is 4.10. The molecule has 15 heavy (non-hydrogen) atoms. The van der Waals surface area contributed by atoms with Crippen LogP contribution in [0.5, 0.6) is 0 Å². The van der Waals surface area contributed by atoms with Crippen molar-refractivity contribution >= 4 is 0 Å². The summed E-state index contributed by atoms with van der Waals surface area (Å²) in [5.41, 5.74) is 5.77.